The van der Waals surface area contributed by atoms with Crippen LogP contribution >= 0.6 is 11.6 Å². The summed E-state index contributed by atoms with van der Waals surface area (Å²) < 4.78 is 222. The molecule has 1 fully saturated rings. The van der Waals surface area contributed by atoms with Crippen LogP contribution in [0.3, 0.4) is 0 Å². The zero-order chi connectivity index (χ0) is 52.5. The van der Waals surface area contributed by atoms with Crippen molar-refractivity contribution in [1.29, 1.82) is 0 Å². The fourth-order valence-corrected chi connectivity index (χ4v) is 8.50. The predicted molar refractivity (Wildman–Crippen MR) is 233 cm³/mol. The highest BCUT2D eigenvalue weighted by molar-refractivity contribution is 7.92. The van der Waals surface area contributed by atoms with Crippen LogP contribution < -0.4 is 10.0 Å². The summed E-state index contributed by atoms with van der Waals surface area (Å²) in [4.78, 5) is 18.5. The second kappa shape index (κ2) is 18.6. The van der Waals surface area contributed by atoms with Gasteiger partial charge in [0.1, 0.15) is 40.9 Å². The van der Waals surface area contributed by atoms with Gasteiger partial charge in [0.15, 0.2) is 21.3 Å². The summed E-state index contributed by atoms with van der Waals surface area (Å²) in [5.41, 5.74) is -5.17. The number of hydrogen-bond acceptors (Lipinski definition) is 10. The molecule has 3 atom stereocenters. The molecule has 70 heavy (non-hydrogen) atoms. The lowest BCUT2D eigenvalue weighted by Crippen LogP contribution is -2.35. The van der Waals surface area contributed by atoms with Gasteiger partial charge < -0.3 is 5.32 Å². The van der Waals surface area contributed by atoms with Crippen LogP contribution in [0.4, 0.5) is 49.7 Å². The average molecular weight is 1080 g/mol. The van der Waals surface area contributed by atoms with Gasteiger partial charge in [-0.3, -0.25) is 23.4 Å². The van der Waals surface area contributed by atoms with Crippen molar-refractivity contribution >= 4 is 64.2 Å². The van der Waals surface area contributed by atoms with Crippen LogP contribution in [0.15, 0.2) is 42.5 Å². The number of amides is 1. The Balaban J connectivity index is 0.00000126. The summed E-state index contributed by atoms with van der Waals surface area (Å²) in [7, 11) is -11.7. The van der Waals surface area contributed by atoms with Gasteiger partial charge in [-0.1, -0.05) is 23.6 Å². The minimum atomic E-state index is -5.19. The van der Waals surface area contributed by atoms with Crippen molar-refractivity contribution in [3.05, 3.63) is 93.0 Å². The summed E-state index contributed by atoms with van der Waals surface area (Å²) in [6, 6.07) is 5.24. The highest BCUT2D eigenvalue weighted by atomic mass is 35.5. The van der Waals surface area contributed by atoms with Crippen molar-refractivity contribution in [1.82, 2.24) is 29.9 Å². The van der Waals surface area contributed by atoms with Crippen molar-refractivity contribution in [2.24, 2.45) is 5.92 Å². The van der Waals surface area contributed by atoms with E-state index in [1.54, 1.807) is 0 Å². The number of nitrogens with zero attached hydrogens (tertiary/aromatic N) is 5. The minimum absolute atomic E-state index is 0.195. The zero-order valence-electron chi connectivity index (χ0n) is 36.7. The third-order valence-electron chi connectivity index (χ3n) is 11.0. The SMILES string of the molecule is CC(C)(C#Cc1ccc(-c2ccc(Cl)c3c(NS(C)(=O)=O)nn(CC(F)(F)F)c23)c(C(Cc2cc(F)cc(F)c2)NC(=O)Cn2nc(C(F)(F)F)c3c2C(F)(F)[C@@H]2C[C@H]32)n1)S(C)(=O)=O.CCS(=O)(=O)O. The molecular weight excluding hydrogens is 1040 g/mol. The lowest BCUT2D eigenvalue weighted by molar-refractivity contribution is -0.142. The number of rotatable bonds is 12. The lowest BCUT2D eigenvalue weighted by Gasteiger charge is -2.23. The first-order chi connectivity index (χ1) is 31.9. The Morgan fingerprint density at radius 2 is 1.54 bits per heavy atom. The third-order valence-corrected chi connectivity index (χ3v) is 14.5. The summed E-state index contributed by atoms with van der Waals surface area (Å²) >= 11 is 6.46. The first-order valence-electron chi connectivity index (χ1n) is 20.1. The number of carbonyl (C=O) groups is 1. The molecule has 2 aliphatic carbocycles. The normalized spacial score (nSPS) is 17.2. The monoisotopic (exact) mass is 1080 g/mol. The van der Waals surface area contributed by atoms with Gasteiger partial charge in [0, 0.05) is 34.9 Å². The van der Waals surface area contributed by atoms with Crippen LogP contribution in [0.2, 0.25) is 5.02 Å². The van der Waals surface area contributed by atoms with Gasteiger partial charge in [-0.2, -0.15) is 53.7 Å². The number of sulfonamides is 1. The van der Waals surface area contributed by atoms with Crippen LogP contribution in [0, 0.1) is 29.4 Å². The van der Waals surface area contributed by atoms with Gasteiger partial charge in [-0.25, -0.2) is 30.6 Å². The van der Waals surface area contributed by atoms with Gasteiger partial charge in [0.25, 0.3) is 16.0 Å². The first kappa shape index (κ1) is 53.8. The molecule has 0 spiro atoms. The number of benzene rings is 2. The van der Waals surface area contributed by atoms with E-state index in [1.165, 1.54) is 39.0 Å². The fourth-order valence-electron chi connectivity index (χ4n) is 7.52. The summed E-state index contributed by atoms with van der Waals surface area (Å²) in [6.07, 6.45) is -9.46. The number of fused-ring (bicyclic) bond motifs is 4. The maximum absolute atomic E-state index is 15.5. The fraction of sp³-hybridized carbons (Fsp3) is 0.415. The Hall–Kier alpha value is -5.50. The van der Waals surface area contributed by atoms with Crippen LogP contribution in [0.25, 0.3) is 22.0 Å². The van der Waals surface area contributed by atoms with Crippen LogP contribution in [-0.4, -0.2) is 89.4 Å². The van der Waals surface area contributed by atoms with E-state index in [4.69, 9.17) is 16.2 Å². The van der Waals surface area contributed by atoms with E-state index in [0.29, 0.717) is 17.0 Å². The number of halogens is 11. The van der Waals surface area contributed by atoms with E-state index < -0.39 is 136 Å². The van der Waals surface area contributed by atoms with Crippen molar-refractivity contribution in [2.75, 3.05) is 23.0 Å². The Kier molecular flexibility index (Phi) is 14.3. The molecule has 1 unspecified atom stereocenters. The maximum Gasteiger partial charge on any atom is 0.435 e. The van der Waals surface area contributed by atoms with Crippen molar-refractivity contribution in [3.63, 3.8) is 0 Å². The van der Waals surface area contributed by atoms with E-state index in [-0.39, 0.29) is 55.3 Å². The van der Waals surface area contributed by atoms with Crippen molar-refractivity contribution < 1.29 is 78.5 Å². The molecule has 380 valence electrons. The molecule has 5 aromatic rings. The average Bonchev–Trinajstić information content (AvgIpc) is 3.72. The number of aromatic nitrogens is 5. The summed E-state index contributed by atoms with van der Waals surface area (Å²) in [5, 5.41) is 9.01. The molecule has 1 amide bonds. The molecule has 2 aliphatic rings. The van der Waals surface area contributed by atoms with Crippen LogP contribution in [0.1, 0.15) is 73.1 Å². The molecule has 1 saturated carbocycles. The minimum Gasteiger partial charge on any atom is -0.346 e. The second-order valence-corrected chi connectivity index (χ2v) is 23.2. The standard InChI is InChI=1S/C39H32ClF10N7O5S2.C2H6O3S/c1-36(2,63(3,59)60)10-9-21-5-6-22(23-7-8-26(40)30-32(23)57(17-37(43,44)45)54-35(30)55-64(4,61)62)31(51-21)27(13-18-11-19(41)14-20(42)12-18)52-28(58)16-56-34-29(33(53-56)39(48,49)50)24-15-25(24)38(34,46)47;1-2-6(3,4)5/h5-8,11-12,14,24-25,27H,13,15-17H2,1-4H3,(H,52,58)(H,54,55);2H2,1H3,(H,3,4,5)/t24-,25+,27?;/m0./s1. The molecule has 7 rings (SSSR count). The van der Waals surface area contributed by atoms with E-state index in [1.807, 2.05) is 4.72 Å². The number of sulfone groups is 1. The maximum atomic E-state index is 15.5. The molecule has 0 saturated heterocycles. The van der Waals surface area contributed by atoms with Crippen molar-refractivity contribution in [3.8, 4) is 23.0 Å². The molecule has 3 aromatic heterocycles. The number of nitrogens with one attached hydrogen (secondary N) is 2. The second-order valence-electron chi connectivity index (χ2n) is 16.8. The number of pyridine rings is 1. The van der Waals surface area contributed by atoms with Gasteiger partial charge in [0.05, 0.1) is 39.7 Å². The van der Waals surface area contributed by atoms with Gasteiger partial charge >= 0.3 is 12.4 Å². The molecular formula is C41H38ClF10N7O8S3. The van der Waals surface area contributed by atoms with Gasteiger partial charge in [-0.15, -0.1) is 0 Å². The number of anilines is 1. The van der Waals surface area contributed by atoms with Gasteiger partial charge in [0.2, 0.25) is 15.9 Å². The molecule has 0 bridgehead atoms. The molecule has 15 nitrogen and oxygen atoms in total. The highest BCUT2D eigenvalue weighted by Gasteiger charge is 2.68. The number of carbonyl (C=O) groups excluding carboxylic acids is 1. The van der Waals surface area contributed by atoms with E-state index >= 15 is 8.78 Å². The number of alkyl halides is 8. The first-order valence-corrected chi connectivity index (χ1v) is 25.9. The Morgan fingerprint density at radius 1 is 0.943 bits per heavy atom. The Labute approximate surface area is 397 Å². The summed E-state index contributed by atoms with van der Waals surface area (Å²) in [6.45, 7) is 0.823. The lowest BCUT2D eigenvalue weighted by atomic mass is 9.93. The quantitative estimate of drug-likeness (QED) is 0.0630. The molecule has 3 heterocycles. The summed E-state index contributed by atoms with van der Waals surface area (Å²) in [5.74, 6) is -5.63. The molecule has 3 N–H and O–H groups in total. The Bertz CT molecular complexity index is 3310. The smallest absolute Gasteiger partial charge is 0.346 e. The largest absolute Gasteiger partial charge is 0.435 e. The van der Waals surface area contributed by atoms with Crippen molar-refractivity contribution in [2.45, 2.75) is 81.7 Å². The molecule has 0 radical (unpaired) electrons. The third kappa shape index (κ3) is 12.0. The van der Waals surface area contributed by atoms with E-state index in [2.05, 4.69) is 32.3 Å². The molecule has 29 heteroatoms. The molecule has 2 aromatic carbocycles. The van der Waals surface area contributed by atoms with Gasteiger partial charge in [-0.05, 0) is 81.3 Å². The molecule has 0 aliphatic heterocycles. The van der Waals surface area contributed by atoms with Crippen LogP contribution in [-0.2, 0) is 66.4 Å². The van der Waals surface area contributed by atoms with E-state index in [9.17, 15) is 65.2 Å². The predicted octanol–water partition coefficient (Wildman–Crippen LogP) is 7.56. The highest BCUT2D eigenvalue weighted by Crippen LogP contribution is 2.68. The Morgan fingerprint density at radius 3 is 2.09 bits per heavy atom. The van der Waals surface area contributed by atoms with Crippen LogP contribution in [0.5, 0.6) is 0 Å². The zero-order valence-corrected chi connectivity index (χ0v) is 39.9. The van der Waals surface area contributed by atoms with E-state index in [0.717, 1.165) is 24.5 Å². The topological polar surface area (TPSA) is 212 Å². The number of hydrogen-bond donors (Lipinski definition) is 3.